The lowest BCUT2D eigenvalue weighted by atomic mass is 10.1. The van der Waals surface area contributed by atoms with E-state index in [1.807, 2.05) is 19.9 Å². The van der Waals surface area contributed by atoms with Gasteiger partial charge < -0.3 is 0 Å². The van der Waals surface area contributed by atoms with Gasteiger partial charge in [-0.2, -0.15) is 12.7 Å². The molecule has 1 amide bonds. The first-order chi connectivity index (χ1) is 9.40. The molecule has 1 aromatic rings. The summed E-state index contributed by atoms with van der Waals surface area (Å²) in [6.45, 7) is 4.80. The minimum Gasteiger partial charge on any atom is -0.268 e. The van der Waals surface area contributed by atoms with E-state index in [1.165, 1.54) is 4.31 Å². The van der Waals surface area contributed by atoms with Gasteiger partial charge in [0.15, 0.2) is 0 Å². The Bertz CT molecular complexity index is 605. The molecule has 2 rings (SSSR count). The fraction of sp³-hybridized carbons (Fsp3) is 0.500. The first-order valence-electron chi connectivity index (χ1n) is 6.79. The summed E-state index contributed by atoms with van der Waals surface area (Å²) < 4.78 is 27.7. The van der Waals surface area contributed by atoms with Crippen LogP contribution >= 0.6 is 0 Å². The lowest BCUT2D eigenvalue weighted by Crippen LogP contribution is -2.45. The number of rotatable bonds is 3. The lowest BCUT2D eigenvalue weighted by Gasteiger charge is -2.25. The number of benzene rings is 1. The molecule has 1 aliphatic heterocycles. The first kappa shape index (κ1) is 15.0. The molecule has 20 heavy (non-hydrogen) atoms. The molecule has 1 saturated heterocycles. The van der Waals surface area contributed by atoms with Gasteiger partial charge >= 0.3 is 10.2 Å². The standard InChI is InChI=1S/C14H20N2O3S/c1-11-6-7-13(10-12(11)2)14(17)15-20(18,19)16-8-4-3-5-9-16/h6-7,10H,3-5,8-9H2,1-2H3,(H,15,17). The van der Waals surface area contributed by atoms with Crippen molar-refractivity contribution in [2.75, 3.05) is 13.1 Å². The van der Waals surface area contributed by atoms with E-state index in [2.05, 4.69) is 4.72 Å². The monoisotopic (exact) mass is 296 g/mol. The molecular formula is C14H20N2O3S. The van der Waals surface area contributed by atoms with Crippen LogP contribution in [0.5, 0.6) is 0 Å². The minimum absolute atomic E-state index is 0.369. The third kappa shape index (κ3) is 3.37. The zero-order valence-corrected chi connectivity index (χ0v) is 12.7. The van der Waals surface area contributed by atoms with E-state index >= 15 is 0 Å². The highest BCUT2D eigenvalue weighted by molar-refractivity contribution is 7.87. The second-order valence-corrected chi connectivity index (χ2v) is 6.87. The average molecular weight is 296 g/mol. The lowest BCUT2D eigenvalue weighted by molar-refractivity contribution is 0.0978. The van der Waals surface area contributed by atoms with Gasteiger partial charge in [-0.1, -0.05) is 12.5 Å². The zero-order valence-electron chi connectivity index (χ0n) is 11.8. The van der Waals surface area contributed by atoms with Crippen molar-refractivity contribution in [3.8, 4) is 0 Å². The number of aryl methyl sites for hydroxylation is 2. The first-order valence-corrected chi connectivity index (χ1v) is 8.23. The van der Waals surface area contributed by atoms with E-state index in [4.69, 9.17) is 0 Å². The molecule has 1 N–H and O–H groups in total. The molecule has 0 bridgehead atoms. The number of carbonyl (C=O) groups excluding carboxylic acids is 1. The maximum absolute atomic E-state index is 12.1. The van der Waals surface area contributed by atoms with Crippen LogP contribution in [-0.4, -0.2) is 31.7 Å². The molecule has 5 nitrogen and oxygen atoms in total. The van der Waals surface area contributed by atoms with Crippen LogP contribution in [-0.2, 0) is 10.2 Å². The number of nitrogens with zero attached hydrogens (tertiary/aromatic N) is 1. The van der Waals surface area contributed by atoms with E-state index in [1.54, 1.807) is 12.1 Å². The van der Waals surface area contributed by atoms with Crippen molar-refractivity contribution in [2.24, 2.45) is 0 Å². The third-order valence-corrected chi connectivity index (χ3v) is 5.13. The van der Waals surface area contributed by atoms with Crippen LogP contribution in [0, 0.1) is 13.8 Å². The molecule has 0 saturated carbocycles. The molecule has 6 heteroatoms. The summed E-state index contributed by atoms with van der Waals surface area (Å²) in [4.78, 5) is 12.0. The van der Waals surface area contributed by atoms with Crippen LogP contribution in [0.15, 0.2) is 18.2 Å². The molecule has 1 fully saturated rings. The van der Waals surface area contributed by atoms with Gasteiger partial charge in [-0.25, -0.2) is 4.72 Å². The second kappa shape index (κ2) is 5.93. The highest BCUT2D eigenvalue weighted by Crippen LogP contribution is 2.13. The summed E-state index contributed by atoms with van der Waals surface area (Å²) in [5.41, 5.74) is 2.40. The molecule has 0 aromatic heterocycles. The van der Waals surface area contributed by atoms with Crippen molar-refractivity contribution < 1.29 is 13.2 Å². The van der Waals surface area contributed by atoms with E-state index in [0.717, 1.165) is 30.4 Å². The fourth-order valence-corrected chi connectivity index (χ4v) is 3.45. The minimum atomic E-state index is -3.72. The van der Waals surface area contributed by atoms with Gasteiger partial charge in [0.2, 0.25) is 0 Å². The molecule has 1 aliphatic rings. The van der Waals surface area contributed by atoms with Crippen molar-refractivity contribution in [3.05, 3.63) is 34.9 Å². The average Bonchev–Trinajstić information content (AvgIpc) is 2.42. The van der Waals surface area contributed by atoms with Crippen molar-refractivity contribution >= 4 is 16.1 Å². The third-order valence-electron chi connectivity index (χ3n) is 3.65. The largest absolute Gasteiger partial charge is 0.304 e. The number of amides is 1. The van der Waals surface area contributed by atoms with Crippen LogP contribution in [0.2, 0.25) is 0 Å². The number of piperidine rings is 1. The van der Waals surface area contributed by atoms with Crippen LogP contribution in [0.4, 0.5) is 0 Å². The van der Waals surface area contributed by atoms with Gasteiger partial charge in [-0.05, 0) is 49.9 Å². The maximum atomic E-state index is 12.1. The zero-order chi connectivity index (χ0) is 14.8. The summed E-state index contributed by atoms with van der Waals surface area (Å²) in [6.07, 6.45) is 2.73. The van der Waals surface area contributed by atoms with E-state index < -0.39 is 16.1 Å². The fourth-order valence-electron chi connectivity index (χ4n) is 2.23. The van der Waals surface area contributed by atoms with Crippen LogP contribution < -0.4 is 4.72 Å². The molecular weight excluding hydrogens is 276 g/mol. The van der Waals surface area contributed by atoms with Gasteiger partial charge in [0, 0.05) is 18.7 Å². The highest BCUT2D eigenvalue weighted by Gasteiger charge is 2.26. The SMILES string of the molecule is Cc1ccc(C(=O)NS(=O)(=O)N2CCCCC2)cc1C. The maximum Gasteiger partial charge on any atom is 0.304 e. The van der Waals surface area contributed by atoms with Crippen molar-refractivity contribution in [1.82, 2.24) is 9.03 Å². The van der Waals surface area contributed by atoms with Crippen molar-refractivity contribution in [3.63, 3.8) is 0 Å². The highest BCUT2D eigenvalue weighted by atomic mass is 32.2. The smallest absolute Gasteiger partial charge is 0.268 e. The van der Waals surface area contributed by atoms with Gasteiger partial charge in [0.05, 0.1) is 0 Å². The Morgan fingerprint density at radius 3 is 2.35 bits per heavy atom. The van der Waals surface area contributed by atoms with Crippen LogP contribution in [0.3, 0.4) is 0 Å². The Morgan fingerprint density at radius 2 is 1.75 bits per heavy atom. The Balaban J connectivity index is 2.11. The van der Waals surface area contributed by atoms with E-state index in [0.29, 0.717) is 18.7 Å². The topological polar surface area (TPSA) is 66.5 Å². The normalized spacial score (nSPS) is 16.9. The van der Waals surface area contributed by atoms with Crippen LogP contribution in [0.1, 0.15) is 40.7 Å². The van der Waals surface area contributed by atoms with E-state index in [-0.39, 0.29) is 0 Å². The Morgan fingerprint density at radius 1 is 1.10 bits per heavy atom. The Hall–Kier alpha value is -1.40. The molecule has 0 spiro atoms. The number of hydrogen-bond acceptors (Lipinski definition) is 3. The molecule has 110 valence electrons. The Labute approximate surface area is 120 Å². The molecule has 0 aliphatic carbocycles. The van der Waals surface area contributed by atoms with Gasteiger partial charge in [0.25, 0.3) is 5.91 Å². The number of carbonyl (C=O) groups is 1. The second-order valence-electron chi connectivity index (χ2n) is 5.19. The van der Waals surface area contributed by atoms with E-state index in [9.17, 15) is 13.2 Å². The molecule has 0 radical (unpaired) electrons. The van der Waals surface area contributed by atoms with Crippen molar-refractivity contribution in [1.29, 1.82) is 0 Å². The quantitative estimate of drug-likeness (QED) is 0.924. The molecule has 1 aromatic carbocycles. The van der Waals surface area contributed by atoms with Gasteiger partial charge in [-0.3, -0.25) is 4.79 Å². The van der Waals surface area contributed by atoms with Gasteiger partial charge in [0.1, 0.15) is 0 Å². The molecule has 0 unspecified atom stereocenters. The predicted molar refractivity (Wildman–Crippen MR) is 77.7 cm³/mol. The Kier molecular flexibility index (Phi) is 4.45. The number of nitrogens with one attached hydrogen (secondary N) is 1. The van der Waals surface area contributed by atoms with Gasteiger partial charge in [-0.15, -0.1) is 0 Å². The predicted octanol–water partition coefficient (Wildman–Crippen LogP) is 1.76. The summed E-state index contributed by atoms with van der Waals surface area (Å²) in [5.74, 6) is -0.571. The van der Waals surface area contributed by atoms with Crippen molar-refractivity contribution in [2.45, 2.75) is 33.1 Å². The summed E-state index contributed by atoms with van der Waals surface area (Å²) in [6, 6.07) is 5.16. The molecule has 0 atom stereocenters. The summed E-state index contributed by atoms with van der Waals surface area (Å²) >= 11 is 0. The summed E-state index contributed by atoms with van der Waals surface area (Å²) in [5, 5.41) is 0. The number of hydrogen-bond donors (Lipinski definition) is 1. The molecule has 1 heterocycles. The summed E-state index contributed by atoms with van der Waals surface area (Å²) in [7, 11) is -3.72. The van der Waals surface area contributed by atoms with Crippen LogP contribution in [0.25, 0.3) is 0 Å².